The molecule has 14 rings (SSSR count). The third kappa shape index (κ3) is 5.86. The fourth-order valence-electron chi connectivity index (χ4n) is 10.2. The van der Waals surface area contributed by atoms with E-state index in [0.717, 1.165) is 105 Å². The van der Waals surface area contributed by atoms with Gasteiger partial charge in [0.2, 0.25) is 5.95 Å². The Hall–Kier alpha value is -9.13. The van der Waals surface area contributed by atoms with Crippen molar-refractivity contribution in [2.24, 2.45) is 0 Å². The van der Waals surface area contributed by atoms with Gasteiger partial charge in [-0.15, -0.1) is 0 Å². The van der Waals surface area contributed by atoms with Crippen LogP contribution in [0.1, 0.15) is 0 Å². The number of para-hydroxylation sites is 3. The second-order valence-corrected chi connectivity index (χ2v) is 17.2. The molecule has 0 N–H and O–H groups in total. The molecular weight excluding hydrogens is 819 g/mol. The summed E-state index contributed by atoms with van der Waals surface area (Å²) in [5.41, 5.74) is 13.0. The van der Waals surface area contributed by atoms with Crippen LogP contribution in [-0.4, -0.2) is 24.1 Å². The Morgan fingerprint density at radius 1 is 0.313 bits per heavy atom. The summed E-state index contributed by atoms with van der Waals surface area (Å²) in [4.78, 5) is 15.9. The van der Waals surface area contributed by atoms with Crippen molar-refractivity contribution in [1.29, 1.82) is 0 Å². The third-order valence-electron chi connectivity index (χ3n) is 13.4. The number of hydrogen-bond donors (Lipinski definition) is 0. The number of aromatic nitrogens is 5. The smallest absolute Gasteiger partial charge is 0.238 e. The topological polar surface area (TPSA) is 61.7 Å². The molecule has 4 aromatic heterocycles. The Balaban J connectivity index is 1.10. The Bertz CT molecular complexity index is 4260. The molecule has 67 heavy (non-hydrogen) atoms. The van der Waals surface area contributed by atoms with Gasteiger partial charge in [-0.25, -0.2) is 4.98 Å². The van der Waals surface area contributed by atoms with Gasteiger partial charge in [-0.2, -0.15) is 9.97 Å². The van der Waals surface area contributed by atoms with Crippen molar-refractivity contribution in [2.45, 2.75) is 0 Å². The molecule has 0 radical (unpaired) electrons. The van der Waals surface area contributed by atoms with E-state index in [2.05, 4.69) is 203 Å². The predicted octanol–water partition coefficient (Wildman–Crippen LogP) is 15.8. The molecule has 10 aromatic carbocycles. The maximum Gasteiger partial charge on any atom is 0.238 e. The summed E-state index contributed by atoms with van der Waals surface area (Å²) in [6, 6.07) is 79.2. The molecular formula is C61H37N5O. The Morgan fingerprint density at radius 2 is 0.836 bits per heavy atom. The van der Waals surface area contributed by atoms with Gasteiger partial charge >= 0.3 is 0 Å². The van der Waals surface area contributed by atoms with E-state index in [1.165, 1.54) is 10.8 Å². The van der Waals surface area contributed by atoms with Crippen LogP contribution < -0.4 is 0 Å². The number of hydrogen-bond acceptors (Lipinski definition) is 4. The molecule has 0 atom stereocenters. The molecule has 0 aliphatic carbocycles. The minimum Gasteiger partial charge on any atom is -0.454 e. The van der Waals surface area contributed by atoms with E-state index in [1.54, 1.807) is 0 Å². The molecule has 0 unspecified atom stereocenters. The van der Waals surface area contributed by atoms with Crippen LogP contribution in [0, 0.1) is 0 Å². The highest BCUT2D eigenvalue weighted by molar-refractivity contribution is 6.24. The minimum atomic E-state index is 0.533. The summed E-state index contributed by atoms with van der Waals surface area (Å²) in [6.07, 6.45) is 0. The van der Waals surface area contributed by atoms with E-state index in [4.69, 9.17) is 19.4 Å². The molecule has 0 saturated heterocycles. The maximum atomic E-state index is 6.96. The Morgan fingerprint density at radius 3 is 1.55 bits per heavy atom. The highest BCUT2D eigenvalue weighted by Gasteiger charge is 2.26. The van der Waals surface area contributed by atoms with Gasteiger partial charge in [0.1, 0.15) is 5.58 Å². The second kappa shape index (κ2) is 14.7. The maximum absolute atomic E-state index is 6.96. The van der Waals surface area contributed by atoms with Crippen LogP contribution in [0.15, 0.2) is 229 Å². The normalized spacial score (nSPS) is 11.9. The zero-order valence-corrected chi connectivity index (χ0v) is 36.0. The molecule has 0 fully saturated rings. The van der Waals surface area contributed by atoms with Gasteiger partial charge in [0.15, 0.2) is 17.2 Å². The largest absolute Gasteiger partial charge is 0.454 e. The Labute approximate surface area is 384 Å². The second-order valence-electron chi connectivity index (χ2n) is 17.2. The van der Waals surface area contributed by atoms with E-state index in [1.807, 2.05) is 30.3 Å². The molecule has 0 aliphatic heterocycles. The first kappa shape index (κ1) is 37.3. The Kier molecular flexibility index (Phi) is 8.18. The standard InChI is InChI=1S/C61H37N5O/c1-3-15-38(16-4-1)40-27-30-42(31-28-40)60-62-59(41-18-5-2-6-19-41)63-61(64-60)66-53-25-13-10-22-47(53)50-34-33-49-46-21-9-12-24-52(46)65(56(49)57(50)66)54-37-45(44-32-29-39-17-7-8-20-43(39)35-44)36-51-48-23-11-14-26-55(48)67-58(51)54/h1-37H. The number of furan rings is 1. The predicted molar refractivity (Wildman–Crippen MR) is 275 cm³/mol. The first-order valence-electron chi connectivity index (χ1n) is 22.6. The summed E-state index contributed by atoms with van der Waals surface area (Å²) in [5.74, 6) is 1.72. The van der Waals surface area contributed by atoms with Crippen LogP contribution in [0.5, 0.6) is 0 Å². The van der Waals surface area contributed by atoms with Gasteiger partial charge in [0.05, 0.1) is 27.8 Å². The third-order valence-corrected chi connectivity index (χ3v) is 13.4. The lowest BCUT2D eigenvalue weighted by molar-refractivity contribution is 0.666. The molecule has 6 heteroatoms. The first-order chi connectivity index (χ1) is 33.2. The molecule has 0 saturated carbocycles. The molecule has 0 bridgehead atoms. The van der Waals surface area contributed by atoms with Gasteiger partial charge < -0.3 is 8.98 Å². The van der Waals surface area contributed by atoms with E-state index >= 15 is 0 Å². The van der Waals surface area contributed by atoms with Gasteiger partial charge in [0.25, 0.3) is 0 Å². The highest BCUT2D eigenvalue weighted by Crippen LogP contribution is 2.45. The lowest BCUT2D eigenvalue weighted by Gasteiger charge is -2.15. The van der Waals surface area contributed by atoms with E-state index < -0.39 is 0 Å². The highest BCUT2D eigenvalue weighted by atomic mass is 16.3. The quantitative estimate of drug-likeness (QED) is 0.167. The van der Waals surface area contributed by atoms with Crippen molar-refractivity contribution in [3.8, 4) is 56.7 Å². The average molecular weight is 856 g/mol. The van der Waals surface area contributed by atoms with Crippen molar-refractivity contribution in [2.75, 3.05) is 0 Å². The van der Waals surface area contributed by atoms with Crippen molar-refractivity contribution in [3.05, 3.63) is 224 Å². The number of fused-ring (bicyclic) bond motifs is 11. The number of rotatable bonds is 6. The minimum absolute atomic E-state index is 0.533. The van der Waals surface area contributed by atoms with Crippen LogP contribution in [-0.2, 0) is 0 Å². The number of benzene rings is 10. The van der Waals surface area contributed by atoms with Crippen molar-refractivity contribution >= 4 is 76.3 Å². The zero-order chi connectivity index (χ0) is 44.0. The van der Waals surface area contributed by atoms with E-state index in [9.17, 15) is 0 Å². The fraction of sp³-hybridized carbons (Fsp3) is 0. The van der Waals surface area contributed by atoms with Crippen LogP contribution in [0.25, 0.3) is 133 Å². The van der Waals surface area contributed by atoms with Crippen LogP contribution in [0.2, 0.25) is 0 Å². The van der Waals surface area contributed by atoms with E-state index in [0.29, 0.717) is 17.6 Å². The van der Waals surface area contributed by atoms with Crippen molar-refractivity contribution < 1.29 is 4.42 Å². The zero-order valence-electron chi connectivity index (χ0n) is 36.0. The lowest BCUT2D eigenvalue weighted by atomic mass is 9.98. The van der Waals surface area contributed by atoms with Crippen LogP contribution in [0.3, 0.4) is 0 Å². The van der Waals surface area contributed by atoms with Crippen molar-refractivity contribution in [1.82, 2.24) is 24.1 Å². The fourth-order valence-corrected chi connectivity index (χ4v) is 10.2. The molecule has 14 aromatic rings. The average Bonchev–Trinajstić information content (AvgIpc) is 4.07. The summed E-state index contributed by atoms with van der Waals surface area (Å²) >= 11 is 0. The summed E-state index contributed by atoms with van der Waals surface area (Å²) < 4.78 is 11.6. The summed E-state index contributed by atoms with van der Waals surface area (Å²) in [7, 11) is 0. The van der Waals surface area contributed by atoms with Gasteiger partial charge in [-0.3, -0.25) is 4.57 Å². The first-order valence-corrected chi connectivity index (χ1v) is 22.6. The molecule has 0 aliphatic rings. The van der Waals surface area contributed by atoms with E-state index in [-0.39, 0.29) is 0 Å². The number of nitrogens with zero attached hydrogens (tertiary/aromatic N) is 5. The lowest BCUT2D eigenvalue weighted by Crippen LogP contribution is -2.07. The van der Waals surface area contributed by atoms with Crippen LogP contribution >= 0.6 is 0 Å². The van der Waals surface area contributed by atoms with Crippen LogP contribution in [0.4, 0.5) is 0 Å². The van der Waals surface area contributed by atoms with Crippen molar-refractivity contribution in [3.63, 3.8) is 0 Å². The monoisotopic (exact) mass is 855 g/mol. The molecule has 312 valence electrons. The molecule has 4 heterocycles. The molecule has 6 nitrogen and oxygen atoms in total. The molecule has 0 spiro atoms. The van der Waals surface area contributed by atoms with Gasteiger partial charge in [-0.05, 0) is 69.4 Å². The van der Waals surface area contributed by atoms with Gasteiger partial charge in [-0.1, -0.05) is 188 Å². The summed E-state index contributed by atoms with van der Waals surface area (Å²) in [6.45, 7) is 0. The summed E-state index contributed by atoms with van der Waals surface area (Å²) in [5, 5.41) is 8.98. The molecule has 0 amide bonds. The SMILES string of the molecule is c1ccc(-c2ccc(-c3nc(-c4ccccc4)nc(-n4c5ccccc5c5ccc6c7ccccc7n(-c7cc(-c8ccc9ccccc9c8)cc8c7oc7ccccc78)c6c54)n3)cc2)cc1. The van der Waals surface area contributed by atoms with Gasteiger partial charge in [0, 0.05) is 43.4 Å².